The summed E-state index contributed by atoms with van der Waals surface area (Å²) < 4.78 is 38.8. The van der Waals surface area contributed by atoms with Gasteiger partial charge in [-0.3, -0.25) is 9.59 Å². The van der Waals surface area contributed by atoms with Crippen LogP contribution in [-0.4, -0.2) is 32.2 Å². The molecule has 0 aliphatic heterocycles. The van der Waals surface area contributed by atoms with Crippen LogP contribution in [0.3, 0.4) is 0 Å². The van der Waals surface area contributed by atoms with Gasteiger partial charge in [0.2, 0.25) is 0 Å². The van der Waals surface area contributed by atoms with E-state index in [1.807, 2.05) is 0 Å². The molecule has 10 heteroatoms. The van der Waals surface area contributed by atoms with Crippen LogP contribution in [0.25, 0.3) is 0 Å². The summed E-state index contributed by atoms with van der Waals surface area (Å²) in [5, 5.41) is 0.178. The third kappa shape index (κ3) is 4.40. The van der Waals surface area contributed by atoms with Crippen LogP contribution in [0.1, 0.15) is 21.7 Å². The zero-order valence-electron chi connectivity index (χ0n) is 12.9. The first-order chi connectivity index (χ1) is 11.1. The Morgan fingerprint density at radius 3 is 2.62 bits per heavy atom. The maximum Gasteiger partial charge on any atom is 0.406 e. The maximum absolute atomic E-state index is 12.6. The Hall–Kier alpha value is -2.23. The average Bonchev–Trinajstić information content (AvgIpc) is 2.70. The number of halogens is 3. The highest BCUT2D eigenvalue weighted by Crippen LogP contribution is 2.24. The number of alkyl halides is 3. The van der Waals surface area contributed by atoms with Crippen LogP contribution in [-0.2, 0) is 6.54 Å². The molecule has 0 radical (unpaired) electrons. The second-order valence-corrected chi connectivity index (χ2v) is 6.14. The molecular weight excluding hydrogens is 345 g/mol. The van der Waals surface area contributed by atoms with Gasteiger partial charge in [0.05, 0.1) is 5.75 Å². The number of nitrogen functional groups attached to an aromatic ring is 1. The van der Waals surface area contributed by atoms with Crippen molar-refractivity contribution in [2.24, 2.45) is 0 Å². The van der Waals surface area contributed by atoms with E-state index in [2.05, 4.69) is 9.97 Å². The number of anilines is 1. The Morgan fingerprint density at radius 2 is 2.04 bits per heavy atom. The molecule has 2 rings (SSSR count). The number of Topliss-reactive ketones (excluding diaryl/α,β-unsaturated/α-hetero) is 1. The third-order valence-corrected chi connectivity index (χ3v) is 4.16. The Bertz CT molecular complexity index is 826. The minimum absolute atomic E-state index is 0.0251. The monoisotopic (exact) mass is 360 g/mol. The van der Waals surface area contributed by atoms with Gasteiger partial charge in [0.25, 0.3) is 5.56 Å². The van der Waals surface area contributed by atoms with E-state index in [9.17, 15) is 22.8 Å². The van der Waals surface area contributed by atoms with Crippen molar-refractivity contribution in [3.05, 3.63) is 39.4 Å². The third-order valence-electron chi connectivity index (χ3n) is 3.29. The lowest BCUT2D eigenvalue weighted by Gasteiger charge is -2.12. The summed E-state index contributed by atoms with van der Waals surface area (Å²) in [4.78, 5) is 29.9. The first-order valence-electron chi connectivity index (χ1n) is 6.83. The highest BCUT2D eigenvalue weighted by molar-refractivity contribution is 7.99. The van der Waals surface area contributed by atoms with E-state index in [0.29, 0.717) is 5.69 Å². The number of aryl methyl sites for hydroxylation is 1. The summed E-state index contributed by atoms with van der Waals surface area (Å²) in [5.74, 6) is -0.411. The summed E-state index contributed by atoms with van der Waals surface area (Å²) in [6.07, 6.45) is -4.37. The molecule has 2 heterocycles. The molecule has 0 aliphatic carbocycles. The number of nitrogens with two attached hydrogens (primary N) is 1. The number of thioether (sulfide) groups is 1. The lowest BCUT2D eigenvalue weighted by molar-refractivity contribution is -0.141. The maximum atomic E-state index is 12.6. The standard InChI is InChI=1S/C14H15F3N4O2S/c1-7-3-9(8(2)21(7)6-14(15,16)17)10(22)5-24-13-19-11(18)4-12(23)20-13/h3-4H,5-6H2,1-2H3,(H3,18,19,20,23). The summed E-state index contributed by atoms with van der Waals surface area (Å²) in [5.41, 5.74) is 5.83. The van der Waals surface area contributed by atoms with Gasteiger partial charge >= 0.3 is 6.18 Å². The van der Waals surface area contributed by atoms with Crippen LogP contribution in [0.2, 0.25) is 0 Å². The topological polar surface area (TPSA) is 93.8 Å². The Labute approximate surface area is 139 Å². The second-order valence-electron chi connectivity index (χ2n) is 5.17. The fourth-order valence-corrected chi connectivity index (χ4v) is 3.01. The molecule has 0 saturated heterocycles. The molecule has 0 fully saturated rings. The number of carbonyl (C=O) groups is 1. The predicted molar refractivity (Wildman–Crippen MR) is 84.3 cm³/mol. The van der Waals surface area contributed by atoms with Gasteiger partial charge in [0, 0.05) is 23.0 Å². The molecule has 0 spiro atoms. The van der Waals surface area contributed by atoms with Gasteiger partial charge in [-0.05, 0) is 19.9 Å². The number of nitrogens with zero attached hydrogens (tertiary/aromatic N) is 2. The van der Waals surface area contributed by atoms with Gasteiger partial charge in [-0.25, -0.2) is 4.98 Å². The van der Waals surface area contributed by atoms with Crippen molar-refractivity contribution in [3.63, 3.8) is 0 Å². The molecule has 0 amide bonds. The van der Waals surface area contributed by atoms with E-state index >= 15 is 0 Å². The molecule has 0 bridgehead atoms. The van der Waals surface area contributed by atoms with Crippen LogP contribution in [0.5, 0.6) is 0 Å². The van der Waals surface area contributed by atoms with Crippen LogP contribution in [0, 0.1) is 13.8 Å². The minimum atomic E-state index is -4.37. The van der Waals surface area contributed by atoms with E-state index in [0.717, 1.165) is 22.4 Å². The van der Waals surface area contributed by atoms with Crippen molar-refractivity contribution in [1.29, 1.82) is 0 Å². The van der Waals surface area contributed by atoms with E-state index < -0.39 is 18.3 Å². The molecule has 2 aromatic heterocycles. The molecular formula is C14H15F3N4O2S. The minimum Gasteiger partial charge on any atom is -0.383 e. The molecule has 0 unspecified atom stereocenters. The van der Waals surface area contributed by atoms with Gasteiger partial charge in [0.1, 0.15) is 12.4 Å². The van der Waals surface area contributed by atoms with E-state index in [4.69, 9.17) is 5.73 Å². The Kier molecular flexibility index (Phi) is 5.07. The predicted octanol–water partition coefficient (Wildman–Crippen LogP) is 2.31. The van der Waals surface area contributed by atoms with Crippen LogP contribution in [0.4, 0.5) is 19.0 Å². The van der Waals surface area contributed by atoms with E-state index in [1.54, 1.807) is 0 Å². The summed E-state index contributed by atoms with van der Waals surface area (Å²) in [6, 6.07) is 2.54. The SMILES string of the molecule is Cc1cc(C(=O)CSc2nc(N)cc(=O)[nH]2)c(C)n1CC(F)(F)F. The zero-order chi connectivity index (χ0) is 18.1. The Balaban J connectivity index is 2.15. The van der Waals surface area contributed by atoms with Crippen LogP contribution < -0.4 is 11.3 Å². The van der Waals surface area contributed by atoms with Crippen molar-refractivity contribution in [1.82, 2.24) is 14.5 Å². The van der Waals surface area contributed by atoms with Gasteiger partial charge in [-0.15, -0.1) is 0 Å². The fraction of sp³-hybridized carbons (Fsp3) is 0.357. The van der Waals surface area contributed by atoms with Gasteiger partial charge < -0.3 is 15.3 Å². The van der Waals surface area contributed by atoms with Crippen molar-refractivity contribution < 1.29 is 18.0 Å². The number of carbonyl (C=O) groups excluding carboxylic acids is 1. The highest BCUT2D eigenvalue weighted by atomic mass is 32.2. The molecule has 130 valence electrons. The molecule has 0 atom stereocenters. The van der Waals surface area contributed by atoms with Gasteiger partial charge in [0.15, 0.2) is 10.9 Å². The zero-order valence-corrected chi connectivity index (χ0v) is 13.7. The molecule has 2 aromatic rings. The lowest BCUT2D eigenvalue weighted by atomic mass is 10.2. The van der Waals surface area contributed by atoms with Crippen LogP contribution >= 0.6 is 11.8 Å². The molecule has 0 aromatic carbocycles. The number of hydrogen-bond acceptors (Lipinski definition) is 5. The normalized spacial score (nSPS) is 11.7. The Morgan fingerprint density at radius 1 is 1.38 bits per heavy atom. The molecule has 3 N–H and O–H groups in total. The van der Waals surface area contributed by atoms with Crippen molar-refractivity contribution in [2.45, 2.75) is 31.7 Å². The number of hydrogen-bond donors (Lipinski definition) is 2. The highest BCUT2D eigenvalue weighted by Gasteiger charge is 2.30. The molecule has 6 nitrogen and oxygen atoms in total. The summed E-state index contributed by atoms with van der Waals surface area (Å²) in [7, 11) is 0. The number of nitrogens with one attached hydrogen (secondary N) is 1. The average molecular weight is 360 g/mol. The van der Waals surface area contributed by atoms with Crippen molar-refractivity contribution >= 4 is 23.4 Å². The number of H-pyrrole nitrogens is 1. The van der Waals surface area contributed by atoms with Crippen LogP contribution in [0.15, 0.2) is 22.1 Å². The number of ketones is 1. The molecule has 0 aliphatic rings. The first-order valence-corrected chi connectivity index (χ1v) is 7.81. The largest absolute Gasteiger partial charge is 0.406 e. The van der Waals surface area contributed by atoms with E-state index in [-0.39, 0.29) is 33.8 Å². The molecule has 24 heavy (non-hydrogen) atoms. The summed E-state index contributed by atoms with van der Waals surface area (Å²) in [6.45, 7) is 1.84. The van der Waals surface area contributed by atoms with Gasteiger partial charge in [-0.2, -0.15) is 13.2 Å². The lowest BCUT2D eigenvalue weighted by Crippen LogP contribution is -2.19. The summed E-state index contributed by atoms with van der Waals surface area (Å²) >= 11 is 0.961. The van der Waals surface area contributed by atoms with Crippen molar-refractivity contribution in [3.8, 4) is 0 Å². The smallest absolute Gasteiger partial charge is 0.383 e. The fourth-order valence-electron chi connectivity index (χ4n) is 2.24. The number of aromatic amines is 1. The number of aromatic nitrogens is 3. The second kappa shape index (κ2) is 6.71. The van der Waals surface area contributed by atoms with E-state index in [1.165, 1.54) is 19.9 Å². The number of rotatable bonds is 5. The quantitative estimate of drug-likeness (QED) is 0.485. The van der Waals surface area contributed by atoms with Crippen molar-refractivity contribution in [2.75, 3.05) is 11.5 Å². The van der Waals surface area contributed by atoms with Gasteiger partial charge in [-0.1, -0.05) is 11.8 Å². The molecule has 0 saturated carbocycles. The first kappa shape index (κ1) is 18.1.